The first-order valence-corrected chi connectivity index (χ1v) is 6.45. The van der Waals surface area contributed by atoms with Crippen LogP contribution in [-0.2, 0) is 0 Å². The van der Waals surface area contributed by atoms with Gasteiger partial charge in [-0.1, -0.05) is 49.4 Å². The van der Waals surface area contributed by atoms with Crippen molar-refractivity contribution in [2.24, 2.45) is 0 Å². The molecule has 0 nitrogen and oxygen atoms in total. The summed E-state index contributed by atoms with van der Waals surface area (Å²) in [4.78, 5) is 0. The monoisotopic (exact) mass is 152 g/mol. The van der Waals surface area contributed by atoms with E-state index in [1.165, 1.54) is 18.5 Å². The van der Waals surface area contributed by atoms with Gasteiger partial charge in [0.05, 0.1) is 8.80 Å². The van der Waals surface area contributed by atoms with Crippen LogP contribution < -0.4 is 0 Å². The van der Waals surface area contributed by atoms with Crippen molar-refractivity contribution in [1.29, 1.82) is 0 Å². The van der Waals surface area contributed by atoms with Gasteiger partial charge < -0.3 is 0 Å². The fourth-order valence-corrected chi connectivity index (χ4v) is 4.06. The van der Waals surface area contributed by atoms with E-state index in [2.05, 4.69) is 32.1 Å². The van der Waals surface area contributed by atoms with E-state index in [-0.39, 0.29) is 0 Å². The minimum absolute atomic E-state index is 0.446. The van der Waals surface area contributed by atoms with Gasteiger partial charge in [-0.05, 0) is 6.42 Å². The summed E-state index contributed by atoms with van der Waals surface area (Å²) in [5.41, 5.74) is 0. The largest absolute Gasteiger partial charge is 0.0809 e. The average molecular weight is 152 g/mol. The maximum atomic E-state index is 2.34. The molecule has 1 aliphatic carbocycles. The van der Waals surface area contributed by atoms with Gasteiger partial charge in [0.25, 0.3) is 0 Å². The lowest BCUT2D eigenvalue weighted by molar-refractivity contribution is 1.26. The molecule has 0 aromatic heterocycles. The summed E-state index contributed by atoms with van der Waals surface area (Å²) in [5, 5.41) is 1.77. The minimum Gasteiger partial charge on any atom is -0.0809 e. The van der Waals surface area contributed by atoms with Gasteiger partial charge in [0, 0.05) is 0 Å². The molecule has 1 heteroatoms. The second kappa shape index (κ2) is 3.77. The molecule has 0 saturated heterocycles. The van der Waals surface area contributed by atoms with Gasteiger partial charge >= 0.3 is 0 Å². The van der Waals surface area contributed by atoms with Crippen molar-refractivity contribution in [3.8, 4) is 0 Å². The van der Waals surface area contributed by atoms with Crippen molar-refractivity contribution in [2.45, 2.75) is 32.4 Å². The lowest BCUT2D eigenvalue weighted by Gasteiger charge is -2.10. The van der Waals surface area contributed by atoms with Gasteiger partial charge in [0.2, 0.25) is 0 Å². The summed E-state index contributed by atoms with van der Waals surface area (Å²) in [5.74, 6) is 0. The Labute approximate surface area is 65.3 Å². The molecule has 0 aromatic carbocycles. The van der Waals surface area contributed by atoms with Crippen LogP contribution in [0.3, 0.4) is 0 Å². The van der Waals surface area contributed by atoms with E-state index in [4.69, 9.17) is 0 Å². The van der Waals surface area contributed by atoms with Gasteiger partial charge in [0.1, 0.15) is 0 Å². The normalized spacial score (nSPS) is 16.5. The SMILES string of the molecule is CC[SiH](CC)C1=CC=CC1. The lowest BCUT2D eigenvalue weighted by Crippen LogP contribution is -2.11. The quantitative estimate of drug-likeness (QED) is 0.545. The highest BCUT2D eigenvalue weighted by Gasteiger charge is 2.11. The Balaban J connectivity index is 2.47. The van der Waals surface area contributed by atoms with Gasteiger partial charge in [0.15, 0.2) is 0 Å². The molecule has 0 atom stereocenters. The Morgan fingerprint density at radius 1 is 1.40 bits per heavy atom. The molecule has 0 heterocycles. The summed E-state index contributed by atoms with van der Waals surface area (Å²) in [7, 11) is -0.446. The molecule has 0 spiro atoms. The maximum Gasteiger partial charge on any atom is 0.0655 e. The van der Waals surface area contributed by atoms with E-state index in [9.17, 15) is 0 Å². The molecule has 56 valence electrons. The molecule has 0 aliphatic heterocycles. The molecular formula is C9H16Si. The van der Waals surface area contributed by atoms with E-state index < -0.39 is 8.80 Å². The Morgan fingerprint density at radius 3 is 2.50 bits per heavy atom. The zero-order valence-corrected chi connectivity index (χ0v) is 8.09. The van der Waals surface area contributed by atoms with Crippen molar-refractivity contribution in [3.63, 3.8) is 0 Å². The first-order valence-electron chi connectivity index (χ1n) is 4.24. The Bertz CT molecular complexity index is 152. The van der Waals surface area contributed by atoms with Gasteiger partial charge in [-0.2, -0.15) is 0 Å². The van der Waals surface area contributed by atoms with E-state index in [1.54, 1.807) is 5.20 Å². The van der Waals surface area contributed by atoms with E-state index in [0.29, 0.717) is 0 Å². The number of hydrogen-bond donors (Lipinski definition) is 0. The predicted molar refractivity (Wildman–Crippen MR) is 50.0 cm³/mol. The van der Waals surface area contributed by atoms with Crippen LogP contribution in [0.2, 0.25) is 12.1 Å². The van der Waals surface area contributed by atoms with Crippen molar-refractivity contribution in [3.05, 3.63) is 23.4 Å². The molecule has 0 unspecified atom stereocenters. The van der Waals surface area contributed by atoms with E-state index in [1.807, 2.05) is 0 Å². The maximum absolute atomic E-state index is 2.34. The molecule has 0 bridgehead atoms. The molecule has 0 radical (unpaired) electrons. The summed E-state index contributed by atoms with van der Waals surface area (Å²) in [6, 6.07) is 2.87. The molecule has 1 rings (SSSR count). The highest BCUT2D eigenvalue weighted by molar-refractivity contribution is 6.66. The second-order valence-electron chi connectivity index (χ2n) is 2.89. The Kier molecular flexibility index (Phi) is 2.94. The molecule has 0 N–H and O–H groups in total. The summed E-state index contributed by atoms with van der Waals surface area (Å²) in [6.45, 7) is 4.67. The fraction of sp³-hybridized carbons (Fsp3) is 0.556. The van der Waals surface area contributed by atoms with Crippen LogP contribution in [0, 0.1) is 0 Å². The topological polar surface area (TPSA) is 0 Å². The zero-order chi connectivity index (χ0) is 7.40. The molecule has 0 fully saturated rings. The van der Waals surface area contributed by atoms with Gasteiger partial charge in [-0.3, -0.25) is 0 Å². The van der Waals surface area contributed by atoms with Gasteiger partial charge in [-0.15, -0.1) is 0 Å². The van der Waals surface area contributed by atoms with E-state index in [0.717, 1.165) is 0 Å². The predicted octanol–water partition coefficient (Wildman–Crippen LogP) is 2.68. The van der Waals surface area contributed by atoms with Crippen LogP contribution in [0.1, 0.15) is 20.3 Å². The van der Waals surface area contributed by atoms with Crippen molar-refractivity contribution in [1.82, 2.24) is 0 Å². The fourth-order valence-electron chi connectivity index (χ4n) is 1.58. The highest BCUT2D eigenvalue weighted by atomic mass is 28.3. The molecule has 0 amide bonds. The average Bonchev–Trinajstić information content (AvgIpc) is 2.43. The van der Waals surface area contributed by atoms with Crippen molar-refractivity contribution in [2.75, 3.05) is 0 Å². The molecule has 10 heavy (non-hydrogen) atoms. The molecule has 1 aliphatic rings. The van der Waals surface area contributed by atoms with Gasteiger partial charge in [-0.25, -0.2) is 0 Å². The zero-order valence-electron chi connectivity index (χ0n) is 6.93. The second-order valence-corrected chi connectivity index (χ2v) is 6.66. The first-order chi connectivity index (χ1) is 4.88. The van der Waals surface area contributed by atoms with Crippen LogP contribution in [0.25, 0.3) is 0 Å². The first kappa shape index (κ1) is 7.80. The van der Waals surface area contributed by atoms with E-state index >= 15 is 0 Å². The third kappa shape index (κ3) is 1.60. The third-order valence-electron chi connectivity index (χ3n) is 2.31. The van der Waals surface area contributed by atoms with Crippen LogP contribution in [-0.4, -0.2) is 8.80 Å². The van der Waals surface area contributed by atoms with Crippen LogP contribution in [0.4, 0.5) is 0 Å². The van der Waals surface area contributed by atoms with Crippen molar-refractivity contribution < 1.29 is 0 Å². The minimum atomic E-state index is -0.446. The smallest absolute Gasteiger partial charge is 0.0655 e. The van der Waals surface area contributed by atoms with Crippen LogP contribution in [0.5, 0.6) is 0 Å². The van der Waals surface area contributed by atoms with Crippen LogP contribution >= 0.6 is 0 Å². The van der Waals surface area contributed by atoms with Crippen molar-refractivity contribution >= 4 is 8.80 Å². The standard InChI is InChI=1S/C9H16Si/c1-3-10(4-2)9-7-5-6-8-9/h5-7,10H,3-4,8H2,1-2H3. The number of rotatable bonds is 3. The molecule has 0 saturated carbocycles. The van der Waals surface area contributed by atoms with Crippen LogP contribution in [0.15, 0.2) is 23.4 Å². The number of allylic oxidation sites excluding steroid dienone is 4. The summed E-state index contributed by atoms with van der Waals surface area (Å²) in [6.07, 6.45) is 8.09. The molecular weight excluding hydrogens is 136 g/mol. The summed E-state index contributed by atoms with van der Waals surface area (Å²) < 4.78 is 0. The molecule has 0 aromatic rings. The Morgan fingerprint density at radius 2 is 2.10 bits per heavy atom. The highest BCUT2D eigenvalue weighted by Crippen LogP contribution is 2.18. The summed E-state index contributed by atoms with van der Waals surface area (Å²) >= 11 is 0. The Hall–Kier alpha value is -0.303. The third-order valence-corrected chi connectivity index (χ3v) is 5.76. The lowest BCUT2D eigenvalue weighted by atomic mass is 10.5. The number of hydrogen-bond acceptors (Lipinski definition) is 0.